The van der Waals surface area contributed by atoms with Gasteiger partial charge in [0.1, 0.15) is 6.54 Å². The highest BCUT2D eigenvalue weighted by molar-refractivity contribution is 9.10. The minimum atomic E-state index is -0.504. The number of aromatic nitrogens is 2. The average Bonchev–Trinajstić information content (AvgIpc) is 3.03. The molecule has 0 spiro atoms. The summed E-state index contributed by atoms with van der Waals surface area (Å²) in [7, 11) is 0. The van der Waals surface area contributed by atoms with E-state index in [4.69, 9.17) is 0 Å². The molecule has 3 N–H and O–H groups in total. The first-order valence-corrected chi connectivity index (χ1v) is 9.88. The summed E-state index contributed by atoms with van der Waals surface area (Å²) in [6.45, 7) is 3.67. The molecule has 3 rings (SSSR count). The van der Waals surface area contributed by atoms with Gasteiger partial charge in [0.25, 0.3) is 17.7 Å². The van der Waals surface area contributed by atoms with Gasteiger partial charge in [-0.25, -0.2) is 0 Å². The number of nitrogens with zero attached hydrogens (tertiary/aromatic N) is 2. The number of nitrogens with one attached hydrogen (secondary N) is 3. The second kappa shape index (κ2) is 9.36. The van der Waals surface area contributed by atoms with Crippen molar-refractivity contribution < 1.29 is 14.4 Å². The lowest BCUT2D eigenvalue weighted by Gasteiger charge is -2.10. The van der Waals surface area contributed by atoms with Crippen LogP contribution in [0.5, 0.6) is 0 Å². The van der Waals surface area contributed by atoms with Crippen molar-refractivity contribution in [3.63, 3.8) is 0 Å². The topological polar surface area (TPSA) is 105 Å². The zero-order valence-electron chi connectivity index (χ0n) is 16.4. The summed E-state index contributed by atoms with van der Waals surface area (Å²) in [5, 5.41) is 6.95. The molecule has 0 radical (unpaired) electrons. The Balaban J connectivity index is 1.58. The Hall–Kier alpha value is -3.46. The van der Waals surface area contributed by atoms with Gasteiger partial charge in [0.2, 0.25) is 0 Å². The van der Waals surface area contributed by atoms with Gasteiger partial charge in [-0.1, -0.05) is 28.1 Å². The monoisotopic (exact) mass is 469 g/mol. The third-order valence-electron chi connectivity index (χ3n) is 4.18. The fourth-order valence-corrected chi connectivity index (χ4v) is 3.18. The first-order chi connectivity index (χ1) is 14.3. The fourth-order valence-electron chi connectivity index (χ4n) is 2.78. The lowest BCUT2D eigenvalue weighted by molar-refractivity contribution is -0.122. The van der Waals surface area contributed by atoms with Gasteiger partial charge < -0.3 is 5.32 Å². The van der Waals surface area contributed by atoms with E-state index in [1.807, 2.05) is 26.0 Å². The van der Waals surface area contributed by atoms with Crippen LogP contribution in [-0.4, -0.2) is 27.5 Å². The smallest absolute Gasteiger partial charge is 0.269 e. The predicted octanol–water partition coefficient (Wildman–Crippen LogP) is 2.98. The number of halogens is 1. The molecular weight excluding hydrogens is 450 g/mol. The van der Waals surface area contributed by atoms with Crippen molar-refractivity contribution in [3.8, 4) is 0 Å². The number of hydrogen-bond donors (Lipinski definition) is 3. The summed E-state index contributed by atoms with van der Waals surface area (Å²) >= 11 is 3.33. The van der Waals surface area contributed by atoms with Crippen LogP contribution in [0.15, 0.2) is 59.1 Å². The molecule has 3 amide bonds. The lowest BCUT2D eigenvalue weighted by atomic mass is 10.1. The Morgan fingerprint density at radius 3 is 2.30 bits per heavy atom. The first-order valence-electron chi connectivity index (χ1n) is 9.09. The van der Waals surface area contributed by atoms with Crippen LogP contribution in [0.25, 0.3) is 0 Å². The van der Waals surface area contributed by atoms with E-state index in [-0.39, 0.29) is 18.0 Å². The van der Waals surface area contributed by atoms with Crippen molar-refractivity contribution in [3.05, 3.63) is 81.6 Å². The van der Waals surface area contributed by atoms with Crippen LogP contribution < -0.4 is 16.2 Å². The maximum atomic E-state index is 12.4. The molecule has 30 heavy (non-hydrogen) atoms. The Labute approximate surface area is 181 Å². The molecule has 1 aromatic heterocycles. The Morgan fingerprint density at radius 1 is 0.933 bits per heavy atom. The molecule has 9 heteroatoms. The van der Waals surface area contributed by atoms with Gasteiger partial charge in [-0.05, 0) is 56.3 Å². The number of amides is 3. The van der Waals surface area contributed by atoms with E-state index < -0.39 is 11.8 Å². The number of benzene rings is 2. The largest absolute Gasteiger partial charge is 0.322 e. The highest BCUT2D eigenvalue weighted by Crippen LogP contribution is 2.15. The summed E-state index contributed by atoms with van der Waals surface area (Å²) < 4.78 is 2.34. The molecule has 2 aromatic carbocycles. The quantitative estimate of drug-likeness (QED) is 0.499. The second-order valence-electron chi connectivity index (χ2n) is 6.63. The highest BCUT2D eigenvalue weighted by atomic mass is 79.9. The SMILES string of the molecule is Cc1cc(C)n(CC(=O)NNC(=O)c2cccc(NC(=O)c3cccc(Br)c3)c2)n1. The van der Waals surface area contributed by atoms with E-state index in [0.29, 0.717) is 11.3 Å². The van der Waals surface area contributed by atoms with E-state index in [2.05, 4.69) is 37.2 Å². The molecular formula is C21H20BrN5O3. The van der Waals surface area contributed by atoms with E-state index in [1.165, 1.54) is 6.07 Å². The summed E-state index contributed by atoms with van der Waals surface area (Å²) in [6.07, 6.45) is 0. The fraction of sp³-hybridized carbons (Fsp3) is 0.143. The van der Waals surface area contributed by atoms with Crippen LogP contribution in [-0.2, 0) is 11.3 Å². The third-order valence-corrected chi connectivity index (χ3v) is 4.67. The number of carbonyl (C=O) groups is 3. The van der Waals surface area contributed by atoms with E-state index in [1.54, 1.807) is 41.1 Å². The summed E-state index contributed by atoms with van der Waals surface area (Å²) in [5.74, 6) is -1.21. The second-order valence-corrected chi connectivity index (χ2v) is 7.55. The van der Waals surface area contributed by atoms with Gasteiger partial charge in [0.05, 0.1) is 5.69 Å². The molecule has 3 aromatic rings. The molecule has 0 atom stereocenters. The summed E-state index contributed by atoms with van der Waals surface area (Å²) in [5.41, 5.74) is 7.62. The number of hydrazine groups is 1. The molecule has 0 bridgehead atoms. The molecule has 0 aliphatic carbocycles. The van der Waals surface area contributed by atoms with Crippen molar-refractivity contribution >= 4 is 39.3 Å². The number of rotatable bonds is 5. The standard InChI is InChI=1S/C21H20BrN5O3/c1-13-9-14(2)27(26-13)12-19(28)24-25-21(30)16-6-4-8-18(11-16)23-20(29)15-5-3-7-17(22)10-15/h3-11H,12H2,1-2H3,(H,23,29)(H,24,28)(H,25,30). The zero-order chi connectivity index (χ0) is 21.7. The maximum absolute atomic E-state index is 12.4. The van der Waals surface area contributed by atoms with Crippen molar-refractivity contribution in [2.75, 3.05) is 5.32 Å². The van der Waals surface area contributed by atoms with Crippen molar-refractivity contribution in [1.29, 1.82) is 0 Å². The van der Waals surface area contributed by atoms with Crippen LogP contribution >= 0.6 is 15.9 Å². The van der Waals surface area contributed by atoms with Crippen molar-refractivity contribution in [2.24, 2.45) is 0 Å². The molecule has 0 saturated heterocycles. The minimum absolute atomic E-state index is 0.0112. The average molecular weight is 470 g/mol. The van der Waals surface area contributed by atoms with Gasteiger partial charge in [-0.2, -0.15) is 5.10 Å². The van der Waals surface area contributed by atoms with E-state index >= 15 is 0 Å². The number of carbonyl (C=O) groups excluding carboxylic acids is 3. The van der Waals surface area contributed by atoms with Gasteiger partial charge in [-0.15, -0.1) is 0 Å². The Bertz CT molecular complexity index is 1110. The van der Waals surface area contributed by atoms with Crippen LogP contribution in [0.4, 0.5) is 5.69 Å². The van der Waals surface area contributed by atoms with Gasteiger partial charge >= 0.3 is 0 Å². The lowest BCUT2D eigenvalue weighted by Crippen LogP contribution is -2.43. The van der Waals surface area contributed by atoms with Crippen molar-refractivity contribution in [2.45, 2.75) is 20.4 Å². The normalized spacial score (nSPS) is 10.4. The van der Waals surface area contributed by atoms with Gasteiger partial charge in [0, 0.05) is 27.0 Å². The number of hydrogen-bond acceptors (Lipinski definition) is 4. The first kappa shape index (κ1) is 21.3. The molecule has 0 saturated carbocycles. The molecule has 8 nitrogen and oxygen atoms in total. The molecule has 0 unspecified atom stereocenters. The van der Waals surface area contributed by atoms with Crippen LogP contribution in [0.2, 0.25) is 0 Å². The van der Waals surface area contributed by atoms with E-state index in [9.17, 15) is 14.4 Å². The molecule has 154 valence electrons. The molecule has 0 aliphatic heterocycles. The Morgan fingerprint density at radius 2 is 1.63 bits per heavy atom. The molecule has 0 aliphatic rings. The molecule has 0 fully saturated rings. The highest BCUT2D eigenvalue weighted by Gasteiger charge is 2.12. The number of anilines is 1. The zero-order valence-corrected chi connectivity index (χ0v) is 18.0. The van der Waals surface area contributed by atoms with Crippen LogP contribution in [0, 0.1) is 13.8 Å². The van der Waals surface area contributed by atoms with Crippen LogP contribution in [0.3, 0.4) is 0 Å². The van der Waals surface area contributed by atoms with Crippen molar-refractivity contribution in [1.82, 2.24) is 20.6 Å². The van der Waals surface area contributed by atoms with Crippen LogP contribution in [0.1, 0.15) is 32.1 Å². The predicted molar refractivity (Wildman–Crippen MR) is 116 cm³/mol. The number of aryl methyl sites for hydroxylation is 2. The Kier molecular flexibility index (Phi) is 6.63. The van der Waals surface area contributed by atoms with Gasteiger partial charge in [-0.3, -0.25) is 29.9 Å². The maximum Gasteiger partial charge on any atom is 0.269 e. The summed E-state index contributed by atoms with van der Waals surface area (Å²) in [6, 6.07) is 15.3. The molecule has 1 heterocycles. The third kappa shape index (κ3) is 5.54. The summed E-state index contributed by atoms with van der Waals surface area (Å²) in [4.78, 5) is 36.8. The minimum Gasteiger partial charge on any atom is -0.322 e. The van der Waals surface area contributed by atoms with Gasteiger partial charge in [0.15, 0.2) is 0 Å². The van der Waals surface area contributed by atoms with E-state index in [0.717, 1.165) is 15.9 Å².